The Morgan fingerprint density at radius 2 is 1.63 bits per heavy atom. The second-order valence-corrected chi connectivity index (χ2v) is 23.5. The summed E-state index contributed by atoms with van der Waals surface area (Å²) in [7, 11) is 3.06. The number of methoxy groups -OCH3 is 1. The molecule has 330 valence electrons. The van der Waals surface area contributed by atoms with Gasteiger partial charge in [0.15, 0.2) is 31.9 Å². The number of nitrogens with two attached hydrogens (primary N) is 1. The van der Waals surface area contributed by atoms with Gasteiger partial charge in [-0.25, -0.2) is 0 Å². The summed E-state index contributed by atoms with van der Waals surface area (Å²) in [6, 6.07) is 2.94. The van der Waals surface area contributed by atoms with Gasteiger partial charge < -0.3 is 48.5 Å². The van der Waals surface area contributed by atoms with E-state index >= 15 is 0 Å². The molecule has 3 aliphatic heterocycles. The van der Waals surface area contributed by atoms with Crippen LogP contribution in [0.4, 0.5) is 0 Å². The summed E-state index contributed by atoms with van der Waals surface area (Å²) in [6.07, 6.45) is -1.02. The van der Waals surface area contributed by atoms with E-state index in [4.69, 9.17) is 38.7 Å². The number of Topliss-reactive ketones (excluding diaryl/α,β-unsaturated/α-hetero) is 1. The molecule has 16 heteroatoms. The molecule has 0 saturated carbocycles. The highest BCUT2D eigenvalue weighted by molar-refractivity contribution is 7.31. The number of hydrogen-bond donors (Lipinski definition) is 2. The van der Waals surface area contributed by atoms with Crippen LogP contribution in [0.25, 0.3) is 0 Å². The van der Waals surface area contributed by atoms with Crippen LogP contribution in [0.1, 0.15) is 109 Å². The number of nitrogens with zero attached hydrogens (tertiary/aromatic N) is 2. The van der Waals surface area contributed by atoms with Crippen molar-refractivity contribution < 1.29 is 52.2 Å². The Labute approximate surface area is 345 Å². The van der Waals surface area contributed by atoms with Crippen LogP contribution in [0, 0.1) is 35.5 Å². The van der Waals surface area contributed by atoms with E-state index in [9.17, 15) is 19.3 Å². The average molecular weight is 846 g/mol. The van der Waals surface area contributed by atoms with Crippen LogP contribution in [0.2, 0.25) is 18.1 Å². The van der Waals surface area contributed by atoms with Crippen molar-refractivity contribution in [3.63, 3.8) is 0 Å². The lowest BCUT2D eigenvalue weighted by molar-refractivity contribution is -0.294. The number of fused-ring (bicyclic) bond motifs is 1. The number of oxime groups is 1. The third kappa shape index (κ3) is 11.0. The van der Waals surface area contributed by atoms with E-state index in [0.717, 1.165) is 24.6 Å². The number of cyclic esters (lactones) is 1. The van der Waals surface area contributed by atoms with Crippen molar-refractivity contribution in [2.45, 2.75) is 181 Å². The van der Waals surface area contributed by atoms with E-state index in [1.165, 1.54) is 0 Å². The van der Waals surface area contributed by atoms with Gasteiger partial charge in [0, 0.05) is 30.9 Å². The fraction of sp³-hybridized carbons (Fsp3) is 0.902. The Bertz CT molecular complexity index is 1380. The number of likely N-dealkylation sites (N-methyl/N-ethyl adjacent to an activating group) is 1. The Morgan fingerprint density at radius 3 is 2.16 bits per heavy atom. The topological polar surface area (TPSA) is 178 Å². The van der Waals surface area contributed by atoms with Crippen molar-refractivity contribution in [1.29, 1.82) is 0 Å². The number of carbonyl (C=O) groups is 3. The molecule has 3 unspecified atom stereocenters. The van der Waals surface area contributed by atoms with Crippen LogP contribution in [0.15, 0.2) is 5.16 Å². The molecule has 0 radical (unpaired) electrons. The van der Waals surface area contributed by atoms with Crippen LogP contribution in [0.3, 0.4) is 0 Å². The molecule has 3 fully saturated rings. The van der Waals surface area contributed by atoms with Gasteiger partial charge in [0.25, 0.3) is 0 Å². The molecule has 0 aromatic carbocycles. The lowest BCUT2D eigenvalue weighted by Gasteiger charge is -2.50. The summed E-state index contributed by atoms with van der Waals surface area (Å²) in [6.45, 7) is 23.3. The quantitative estimate of drug-likeness (QED) is 0.0503. The first kappa shape index (κ1) is 49.6. The van der Waals surface area contributed by atoms with Crippen molar-refractivity contribution in [1.82, 2.24) is 4.90 Å². The Kier molecular flexibility index (Phi) is 18.0. The third-order valence-electron chi connectivity index (χ3n) is 13.4. The minimum Gasteiger partial charge on any atom is -0.458 e. The summed E-state index contributed by atoms with van der Waals surface area (Å²) in [4.78, 5) is 59.7. The predicted molar refractivity (Wildman–Crippen MR) is 224 cm³/mol. The van der Waals surface area contributed by atoms with Crippen LogP contribution in [-0.4, -0.2) is 117 Å². The maximum absolute atomic E-state index is 14.8. The lowest BCUT2D eigenvalue weighted by Crippen LogP contribution is -2.61. The maximum atomic E-state index is 14.8. The Hall–Kier alpha value is -1.71. The van der Waals surface area contributed by atoms with Gasteiger partial charge in [-0.2, -0.15) is 0 Å². The number of amidine groups is 1. The summed E-state index contributed by atoms with van der Waals surface area (Å²) >= 11 is 0. The number of esters is 2. The Morgan fingerprint density at radius 1 is 1.02 bits per heavy atom. The van der Waals surface area contributed by atoms with Gasteiger partial charge >= 0.3 is 11.9 Å². The minimum absolute atomic E-state index is 0.0337. The molecule has 14 nitrogen and oxygen atoms in total. The summed E-state index contributed by atoms with van der Waals surface area (Å²) in [5, 5.41) is 4.00. The molecule has 16 atom stereocenters. The van der Waals surface area contributed by atoms with E-state index in [2.05, 4.69) is 51.8 Å². The van der Waals surface area contributed by atoms with Crippen LogP contribution in [0.5, 0.6) is 0 Å². The zero-order valence-corrected chi connectivity index (χ0v) is 39.5. The van der Waals surface area contributed by atoms with E-state index in [1.807, 2.05) is 34.6 Å². The Balaban J connectivity index is 2.17. The first-order chi connectivity index (χ1) is 26.6. The van der Waals surface area contributed by atoms with Crippen molar-refractivity contribution in [2.75, 3.05) is 21.2 Å². The standard InChI is InChI=1S/C41H76N3O11PSi/c1-16-30-41(12)32(31(38(47)53-41)36(42)43-54-28(10)56-48)27(9)33(45)25(7)22-40(11,49-15)35(23(5)20-24(6)37(46)51-30)52-39-34(55-57(17-2,18-3)19-4)29(44(13)14)21-26(8)50-39/h23-32,34-35,39,48,56H,16-22H2,1-15H3,(H2,42,43)/t23-,24+,25+,26+,27+,28?,29-,30-,31+,32-,34+,35+,39?,40+,41-/m0/s1. The monoisotopic (exact) mass is 845 g/mol. The van der Waals surface area contributed by atoms with E-state index in [1.54, 1.807) is 27.9 Å². The van der Waals surface area contributed by atoms with Gasteiger partial charge in [0.2, 0.25) is 0 Å². The number of rotatable bonds is 14. The van der Waals surface area contributed by atoms with Crippen molar-refractivity contribution in [2.24, 2.45) is 46.4 Å². The molecule has 3 rings (SSSR count). The fourth-order valence-electron chi connectivity index (χ4n) is 9.78. The average Bonchev–Trinajstić information content (AvgIpc) is 3.45. The number of ether oxygens (including phenoxy) is 5. The van der Waals surface area contributed by atoms with Gasteiger partial charge in [-0.05, 0) is 91.5 Å². The van der Waals surface area contributed by atoms with E-state index < -0.39 is 94.2 Å². The van der Waals surface area contributed by atoms with Crippen molar-refractivity contribution >= 4 is 40.7 Å². The molecule has 3 N–H and O–H groups in total. The second kappa shape index (κ2) is 20.7. The van der Waals surface area contributed by atoms with Gasteiger partial charge in [-0.1, -0.05) is 60.5 Å². The van der Waals surface area contributed by atoms with Crippen molar-refractivity contribution in [3.05, 3.63) is 0 Å². The normalized spacial score (nSPS) is 39.8. The van der Waals surface area contributed by atoms with Gasteiger partial charge in [0.1, 0.15) is 23.9 Å². The molecule has 57 heavy (non-hydrogen) atoms. The maximum Gasteiger partial charge on any atom is 0.317 e. The summed E-state index contributed by atoms with van der Waals surface area (Å²) in [5.41, 5.74) is 3.99. The minimum atomic E-state index is -2.14. The zero-order chi connectivity index (χ0) is 43.2. The van der Waals surface area contributed by atoms with Gasteiger partial charge in [-0.3, -0.25) is 14.4 Å². The molecule has 3 saturated heterocycles. The van der Waals surface area contributed by atoms with Gasteiger partial charge in [0.05, 0.1) is 32.5 Å². The first-order valence-electron chi connectivity index (χ1n) is 21.2. The summed E-state index contributed by atoms with van der Waals surface area (Å²) < 4.78 is 39.9. The highest BCUT2D eigenvalue weighted by Crippen LogP contribution is 2.48. The number of ketones is 1. The summed E-state index contributed by atoms with van der Waals surface area (Å²) in [5.74, 6) is -6.40. The van der Waals surface area contributed by atoms with Crippen LogP contribution in [-0.2, 0) is 47.3 Å². The molecule has 0 aromatic heterocycles. The highest BCUT2D eigenvalue weighted by Gasteiger charge is 2.62. The molecular formula is C41H76N3O11PSi. The predicted octanol–water partition coefficient (Wildman–Crippen LogP) is 6.23. The molecule has 3 heterocycles. The fourth-order valence-corrected chi connectivity index (χ4v) is 12.7. The molecule has 3 aliphatic rings. The zero-order valence-electron chi connectivity index (χ0n) is 37.5. The molecular weight excluding hydrogens is 770 g/mol. The first-order valence-corrected chi connectivity index (χ1v) is 24.7. The third-order valence-corrected chi connectivity index (χ3v) is 18.5. The molecule has 0 bridgehead atoms. The highest BCUT2D eigenvalue weighted by atomic mass is 31.1. The van der Waals surface area contributed by atoms with E-state index in [-0.39, 0.29) is 42.2 Å². The van der Waals surface area contributed by atoms with Crippen LogP contribution < -0.4 is 5.73 Å². The smallest absolute Gasteiger partial charge is 0.317 e. The molecule has 0 aromatic rings. The van der Waals surface area contributed by atoms with Crippen LogP contribution >= 0.6 is 8.81 Å². The second-order valence-electron chi connectivity index (χ2n) is 17.7. The SMILES string of the molecule is CC[C@@H]1OC(=O)[C@H](C)C[C@H](C)[C@@H](OC2O[C@H](C)C[C@H](N(C)C)[C@H]2O[Si](CC)(CC)CC)[C@](C)(OC)C[C@@H](C)C(=O)[C@H](C)[C@H]2[C@H](/C(N)=N/OC(C)PO)C(=O)O[C@]21C. The number of hydrogen-bond acceptors (Lipinski definition) is 13. The largest absolute Gasteiger partial charge is 0.458 e. The molecule has 0 aliphatic carbocycles. The lowest BCUT2D eigenvalue weighted by atomic mass is 9.67. The number of carbonyl (C=O) groups excluding carboxylic acids is 3. The van der Waals surface area contributed by atoms with Crippen molar-refractivity contribution in [3.8, 4) is 0 Å². The van der Waals surface area contributed by atoms with Gasteiger partial charge in [-0.15, -0.1) is 0 Å². The van der Waals surface area contributed by atoms with E-state index in [0.29, 0.717) is 12.8 Å². The molecule has 0 spiro atoms. The molecule has 0 amide bonds.